The van der Waals surface area contributed by atoms with Crippen molar-refractivity contribution in [2.75, 3.05) is 6.54 Å². The Labute approximate surface area is 127 Å². The summed E-state index contributed by atoms with van der Waals surface area (Å²) in [6, 6.07) is 2.68. The summed E-state index contributed by atoms with van der Waals surface area (Å²) in [6.45, 7) is 4.94. The van der Waals surface area contributed by atoms with Gasteiger partial charge in [0.1, 0.15) is 0 Å². The number of hydrogen-bond donors (Lipinski definition) is 1. The minimum atomic E-state index is 0.0893. The van der Waals surface area contributed by atoms with Crippen molar-refractivity contribution < 1.29 is 4.79 Å². The van der Waals surface area contributed by atoms with E-state index in [9.17, 15) is 4.79 Å². The van der Waals surface area contributed by atoms with Crippen molar-refractivity contribution in [2.45, 2.75) is 64.8 Å². The van der Waals surface area contributed by atoms with Crippen LogP contribution in [0.4, 0.5) is 0 Å². The minimum absolute atomic E-state index is 0.0893. The Morgan fingerprint density at radius 3 is 2.81 bits per heavy atom. The van der Waals surface area contributed by atoms with Gasteiger partial charge >= 0.3 is 0 Å². The third-order valence-corrected chi connectivity index (χ3v) is 4.76. The molecular formula is C18H26N2O. The van der Waals surface area contributed by atoms with Crippen LogP contribution in [-0.4, -0.2) is 17.0 Å². The molecule has 3 rings (SSSR count). The predicted octanol–water partition coefficient (Wildman–Crippen LogP) is 4.06. The Hall–Kier alpha value is -1.51. The predicted molar refractivity (Wildman–Crippen MR) is 85.7 cm³/mol. The number of aromatic nitrogens is 1. The Morgan fingerprint density at radius 2 is 2.14 bits per heavy atom. The molecule has 1 aromatic rings. The van der Waals surface area contributed by atoms with Crippen molar-refractivity contribution in [2.24, 2.45) is 0 Å². The molecule has 0 radical (unpaired) electrons. The fraction of sp³-hybridized carbons (Fsp3) is 0.611. The van der Waals surface area contributed by atoms with Gasteiger partial charge in [0, 0.05) is 24.0 Å². The van der Waals surface area contributed by atoms with Crippen molar-refractivity contribution in [1.82, 2.24) is 9.88 Å². The van der Waals surface area contributed by atoms with Gasteiger partial charge in [-0.05, 0) is 64.9 Å². The summed E-state index contributed by atoms with van der Waals surface area (Å²) in [5, 5.41) is 3.09. The molecule has 1 N–H and O–H groups in total. The number of carbonyl (C=O) groups is 1. The lowest BCUT2D eigenvalue weighted by Crippen LogP contribution is -2.25. The molecule has 0 saturated heterocycles. The zero-order valence-electron chi connectivity index (χ0n) is 13.2. The number of rotatable bonds is 5. The van der Waals surface area contributed by atoms with Crippen LogP contribution in [0.15, 0.2) is 17.7 Å². The van der Waals surface area contributed by atoms with E-state index >= 15 is 0 Å². The van der Waals surface area contributed by atoms with Crippen LogP contribution in [0.25, 0.3) is 0 Å². The van der Waals surface area contributed by atoms with Crippen molar-refractivity contribution in [3.8, 4) is 0 Å². The van der Waals surface area contributed by atoms with Crippen LogP contribution >= 0.6 is 0 Å². The molecule has 21 heavy (non-hydrogen) atoms. The van der Waals surface area contributed by atoms with Crippen LogP contribution in [0, 0.1) is 13.8 Å². The average molecular weight is 286 g/mol. The summed E-state index contributed by atoms with van der Waals surface area (Å²) in [6.07, 6.45) is 10.9. The van der Waals surface area contributed by atoms with Crippen LogP contribution in [0.2, 0.25) is 0 Å². The quantitative estimate of drug-likeness (QED) is 0.814. The second kappa shape index (κ2) is 6.08. The average Bonchev–Trinajstić information content (AvgIpc) is 3.26. The number of allylic oxidation sites excluding steroid dienone is 1. The largest absolute Gasteiger partial charge is 0.352 e. The molecule has 1 fully saturated rings. The maximum absolute atomic E-state index is 12.4. The topological polar surface area (TPSA) is 34.0 Å². The number of nitrogens with zero attached hydrogens (tertiary/aromatic N) is 1. The Balaban J connectivity index is 1.58. The third kappa shape index (κ3) is 3.22. The molecule has 0 atom stereocenters. The van der Waals surface area contributed by atoms with Crippen LogP contribution < -0.4 is 5.32 Å². The molecular weight excluding hydrogens is 260 g/mol. The van der Waals surface area contributed by atoms with Crippen molar-refractivity contribution >= 4 is 5.91 Å². The summed E-state index contributed by atoms with van der Waals surface area (Å²) < 4.78 is 2.33. The maximum Gasteiger partial charge on any atom is 0.253 e. The van der Waals surface area contributed by atoms with E-state index in [0.717, 1.165) is 24.2 Å². The smallest absolute Gasteiger partial charge is 0.253 e. The van der Waals surface area contributed by atoms with E-state index in [-0.39, 0.29) is 5.91 Å². The molecule has 0 spiro atoms. The fourth-order valence-corrected chi connectivity index (χ4v) is 3.47. The number of amides is 1. The summed E-state index contributed by atoms with van der Waals surface area (Å²) in [7, 11) is 0. The maximum atomic E-state index is 12.4. The summed E-state index contributed by atoms with van der Waals surface area (Å²) >= 11 is 0. The Morgan fingerprint density at radius 1 is 1.33 bits per heavy atom. The van der Waals surface area contributed by atoms with E-state index in [1.54, 1.807) is 0 Å². The molecule has 114 valence electrons. The lowest BCUT2D eigenvalue weighted by Gasteiger charge is -2.13. The minimum Gasteiger partial charge on any atom is -0.352 e. The first-order valence-corrected chi connectivity index (χ1v) is 8.31. The van der Waals surface area contributed by atoms with Gasteiger partial charge in [-0.1, -0.05) is 11.6 Å². The van der Waals surface area contributed by atoms with Crippen LogP contribution in [0.3, 0.4) is 0 Å². The first-order chi connectivity index (χ1) is 10.2. The zero-order chi connectivity index (χ0) is 14.8. The van der Waals surface area contributed by atoms with Gasteiger partial charge in [0.25, 0.3) is 5.91 Å². The molecule has 0 aromatic carbocycles. The van der Waals surface area contributed by atoms with Crippen LogP contribution in [0.1, 0.15) is 72.7 Å². The van der Waals surface area contributed by atoms with E-state index < -0.39 is 0 Å². The highest BCUT2D eigenvalue weighted by Gasteiger charge is 2.28. The Bertz CT molecular complexity index is 564. The molecule has 2 aliphatic carbocycles. The highest BCUT2D eigenvalue weighted by Crippen LogP contribution is 2.38. The molecule has 0 aliphatic heterocycles. The molecule has 0 unspecified atom stereocenters. The molecule has 2 aliphatic rings. The Kier molecular flexibility index (Phi) is 4.18. The molecule has 3 nitrogen and oxygen atoms in total. The van der Waals surface area contributed by atoms with Gasteiger partial charge < -0.3 is 9.88 Å². The summed E-state index contributed by atoms with van der Waals surface area (Å²) in [5.74, 6) is 0.0893. The summed E-state index contributed by atoms with van der Waals surface area (Å²) in [5.41, 5.74) is 4.72. The third-order valence-electron chi connectivity index (χ3n) is 4.76. The van der Waals surface area contributed by atoms with E-state index in [1.807, 2.05) is 6.07 Å². The number of nitrogens with one attached hydrogen (secondary N) is 1. The SMILES string of the molecule is Cc1cc(C(=O)NCCC2=CCCCC2)c(C)n1C1CC1. The van der Waals surface area contributed by atoms with Crippen LogP contribution in [0.5, 0.6) is 0 Å². The van der Waals surface area contributed by atoms with Gasteiger partial charge in [0.15, 0.2) is 0 Å². The van der Waals surface area contributed by atoms with Gasteiger partial charge in [0.05, 0.1) is 5.56 Å². The fourth-order valence-electron chi connectivity index (χ4n) is 3.47. The number of hydrogen-bond acceptors (Lipinski definition) is 1. The second-order valence-electron chi connectivity index (χ2n) is 6.50. The molecule has 1 heterocycles. The molecule has 0 bridgehead atoms. The zero-order valence-corrected chi connectivity index (χ0v) is 13.2. The lowest BCUT2D eigenvalue weighted by atomic mass is 9.97. The molecule has 1 amide bonds. The second-order valence-corrected chi connectivity index (χ2v) is 6.50. The lowest BCUT2D eigenvalue weighted by molar-refractivity contribution is 0.0953. The molecule has 1 aromatic heterocycles. The number of aryl methyl sites for hydroxylation is 1. The highest BCUT2D eigenvalue weighted by molar-refractivity contribution is 5.95. The number of carbonyl (C=O) groups excluding carboxylic acids is 1. The van der Waals surface area contributed by atoms with Crippen molar-refractivity contribution in [3.63, 3.8) is 0 Å². The molecule has 1 saturated carbocycles. The van der Waals surface area contributed by atoms with Crippen molar-refractivity contribution in [3.05, 3.63) is 34.7 Å². The molecule has 3 heteroatoms. The first kappa shape index (κ1) is 14.4. The van der Waals surface area contributed by atoms with Crippen LogP contribution in [-0.2, 0) is 0 Å². The monoisotopic (exact) mass is 286 g/mol. The standard InChI is InChI=1S/C18H26N2O/c1-13-12-17(14(2)20(13)16-8-9-16)18(21)19-11-10-15-6-4-3-5-7-15/h6,12,16H,3-5,7-11H2,1-2H3,(H,19,21). The van der Waals surface area contributed by atoms with E-state index in [0.29, 0.717) is 6.04 Å². The first-order valence-electron chi connectivity index (χ1n) is 8.31. The van der Waals surface area contributed by atoms with E-state index in [4.69, 9.17) is 0 Å². The van der Waals surface area contributed by atoms with E-state index in [1.165, 1.54) is 49.8 Å². The van der Waals surface area contributed by atoms with Gasteiger partial charge in [-0.15, -0.1) is 0 Å². The van der Waals surface area contributed by atoms with Gasteiger partial charge in [0.2, 0.25) is 0 Å². The van der Waals surface area contributed by atoms with Gasteiger partial charge in [-0.25, -0.2) is 0 Å². The summed E-state index contributed by atoms with van der Waals surface area (Å²) in [4.78, 5) is 12.4. The van der Waals surface area contributed by atoms with Crippen molar-refractivity contribution in [1.29, 1.82) is 0 Å². The van der Waals surface area contributed by atoms with Gasteiger partial charge in [-0.2, -0.15) is 0 Å². The van der Waals surface area contributed by atoms with Gasteiger partial charge in [-0.3, -0.25) is 4.79 Å². The highest BCUT2D eigenvalue weighted by atomic mass is 16.1. The normalized spacial score (nSPS) is 18.5. The van der Waals surface area contributed by atoms with E-state index in [2.05, 4.69) is 29.8 Å².